The van der Waals surface area contributed by atoms with Gasteiger partial charge in [-0.1, -0.05) is 42.3 Å². The molecule has 5 heteroatoms. The van der Waals surface area contributed by atoms with Crippen LogP contribution in [0.1, 0.15) is 56.4 Å². The van der Waals surface area contributed by atoms with Crippen LogP contribution in [0.15, 0.2) is 28.8 Å². The van der Waals surface area contributed by atoms with Crippen molar-refractivity contribution in [2.24, 2.45) is 0 Å². The van der Waals surface area contributed by atoms with Crippen molar-refractivity contribution in [3.63, 3.8) is 0 Å². The molecule has 2 aromatic rings. The van der Waals surface area contributed by atoms with E-state index in [9.17, 15) is 4.79 Å². The second-order valence-corrected chi connectivity index (χ2v) is 6.61. The normalized spacial score (nSPS) is 17.9. The summed E-state index contributed by atoms with van der Waals surface area (Å²) in [5, 5.41) is 4.13. The highest BCUT2D eigenvalue weighted by Gasteiger charge is 2.28. The average Bonchev–Trinajstić information content (AvgIpc) is 3.10. The molecule has 0 radical (unpaired) electrons. The maximum atomic E-state index is 12.3. The van der Waals surface area contributed by atoms with Crippen molar-refractivity contribution in [1.82, 2.24) is 15.0 Å². The third-order valence-corrected chi connectivity index (χ3v) is 4.59. The average molecular weight is 327 g/mol. The molecule has 128 valence electrons. The maximum Gasteiger partial charge on any atom is 0.231 e. The van der Waals surface area contributed by atoms with Gasteiger partial charge in [0.2, 0.25) is 17.6 Å². The molecule has 1 aromatic carbocycles. The van der Waals surface area contributed by atoms with E-state index in [0.717, 1.165) is 37.8 Å². The quantitative estimate of drug-likeness (QED) is 0.834. The van der Waals surface area contributed by atoms with Crippen LogP contribution >= 0.6 is 0 Å². The molecule has 0 spiro atoms. The number of rotatable bonds is 5. The molecule has 0 aliphatic carbocycles. The predicted octanol–water partition coefficient (Wildman–Crippen LogP) is 3.94. The number of unbranched alkanes of at least 4 members (excludes halogenated alkanes) is 1. The molecule has 3 rings (SSSR count). The summed E-state index contributed by atoms with van der Waals surface area (Å²) in [6, 6.07) is 8.08. The van der Waals surface area contributed by atoms with Gasteiger partial charge in [0.15, 0.2) is 0 Å². The number of hydrogen-bond donors (Lipinski definition) is 0. The Morgan fingerprint density at radius 3 is 3.08 bits per heavy atom. The van der Waals surface area contributed by atoms with E-state index in [-0.39, 0.29) is 11.8 Å². The van der Waals surface area contributed by atoms with Crippen LogP contribution in [0.3, 0.4) is 0 Å². The third-order valence-electron chi connectivity index (χ3n) is 4.59. The number of nitrogens with zero attached hydrogens (tertiary/aromatic N) is 3. The van der Waals surface area contributed by atoms with Crippen molar-refractivity contribution in [2.45, 2.75) is 51.9 Å². The van der Waals surface area contributed by atoms with Gasteiger partial charge in [-0.05, 0) is 32.3 Å². The van der Waals surface area contributed by atoms with Gasteiger partial charge in [-0.15, -0.1) is 0 Å². The first-order chi connectivity index (χ1) is 11.7. The van der Waals surface area contributed by atoms with Crippen molar-refractivity contribution < 1.29 is 9.32 Å². The van der Waals surface area contributed by atoms with Crippen LogP contribution in [0.4, 0.5) is 0 Å². The fourth-order valence-corrected chi connectivity index (χ4v) is 3.19. The molecule has 1 unspecified atom stereocenters. The zero-order chi connectivity index (χ0) is 16.9. The van der Waals surface area contributed by atoms with Gasteiger partial charge < -0.3 is 9.42 Å². The van der Waals surface area contributed by atoms with E-state index in [1.54, 1.807) is 0 Å². The number of benzene rings is 1. The van der Waals surface area contributed by atoms with E-state index in [1.165, 1.54) is 5.56 Å². The largest absolute Gasteiger partial charge is 0.342 e. The predicted molar refractivity (Wildman–Crippen MR) is 92.6 cm³/mol. The van der Waals surface area contributed by atoms with E-state index in [1.807, 2.05) is 30.0 Å². The first-order valence-corrected chi connectivity index (χ1v) is 8.85. The number of carbonyl (C=O) groups excluding carboxylic acids is 1. The zero-order valence-corrected chi connectivity index (χ0v) is 14.5. The lowest BCUT2D eigenvalue weighted by molar-refractivity contribution is -0.132. The van der Waals surface area contributed by atoms with Crippen molar-refractivity contribution in [2.75, 3.05) is 13.1 Å². The monoisotopic (exact) mass is 327 g/mol. The van der Waals surface area contributed by atoms with Gasteiger partial charge in [0.1, 0.15) is 0 Å². The SMILES string of the molecule is CCCCC(=O)N1CCCC(c2nc(-c3cccc(C)c3)no2)C1. The highest BCUT2D eigenvalue weighted by Crippen LogP contribution is 2.28. The smallest absolute Gasteiger partial charge is 0.231 e. The Morgan fingerprint density at radius 1 is 1.42 bits per heavy atom. The number of carbonyl (C=O) groups is 1. The minimum Gasteiger partial charge on any atom is -0.342 e. The molecule has 1 fully saturated rings. The van der Waals surface area contributed by atoms with E-state index >= 15 is 0 Å². The number of aryl methyl sites for hydroxylation is 1. The molecule has 0 saturated carbocycles. The summed E-state index contributed by atoms with van der Waals surface area (Å²) in [6.45, 7) is 5.69. The van der Waals surface area contributed by atoms with Crippen molar-refractivity contribution >= 4 is 5.91 Å². The lowest BCUT2D eigenvalue weighted by Crippen LogP contribution is -2.39. The standard InChI is InChI=1S/C19H25N3O2/c1-3-4-10-17(23)22-11-6-9-16(13-22)19-20-18(21-24-19)15-8-5-7-14(2)12-15/h5,7-8,12,16H,3-4,6,9-11,13H2,1-2H3. The number of amides is 1. The lowest BCUT2D eigenvalue weighted by atomic mass is 9.97. The van der Waals surface area contributed by atoms with E-state index in [0.29, 0.717) is 24.7 Å². The summed E-state index contributed by atoms with van der Waals surface area (Å²) in [6.07, 6.45) is 4.63. The van der Waals surface area contributed by atoms with Gasteiger partial charge in [0.25, 0.3) is 0 Å². The van der Waals surface area contributed by atoms with Crippen LogP contribution in [0.2, 0.25) is 0 Å². The van der Waals surface area contributed by atoms with Crippen LogP contribution < -0.4 is 0 Å². The van der Waals surface area contributed by atoms with E-state index < -0.39 is 0 Å². The summed E-state index contributed by atoms with van der Waals surface area (Å²) >= 11 is 0. The van der Waals surface area contributed by atoms with E-state index in [2.05, 4.69) is 23.1 Å². The van der Waals surface area contributed by atoms with Crippen molar-refractivity contribution in [3.05, 3.63) is 35.7 Å². The minimum absolute atomic E-state index is 0.149. The molecule has 1 aliphatic rings. The lowest BCUT2D eigenvalue weighted by Gasteiger charge is -2.31. The molecule has 1 saturated heterocycles. The van der Waals surface area contributed by atoms with Gasteiger partial charge >= 0.3 is 0 Å². The minimum atomic E-state index is 0.149. The van der Waals surface area contributed by atoms with Gasteiger partial charge in [0, 0.05) is 25.1 Å². The van der Waals surface area contributed by atoms with E-state index in [4.69, 9.17) is 4.52 Å². The highest BCUT2D eigenvalue weighted by molar-refractivity contribution is 5.76. The second-order valence-electron chi connectivity index (χ2n) is 6.61. The second kappa shape index (κ2) is 7.60. The Hall–Kier alpha value is -2.17. The molecule has 0 N–H and O–H groups in total. The van der Waals surface area contributed by atoms with Gasteiger partial charge in [-0.25, -0.2) is 0 Å². The number of aromatic nitrogens is 2. The van der Waals surface area contributed by atoms with Crippen LogP contribution in [-0.2, 0) is 4.79 Å². The highest BCUT2D eigenvalue weighted by atomic mass is 16.5. The Balaban J connectivity index is 1.69. The molecule has 0 bridgehead atoms. The molecule has 24 heavy (non-hydrogen) atoms. The Labute approximate surface area is 143 Å². The van der Waals surface area contributed by atoms with Crippen LogP contribution in [0, 0.1) is 6.92 Å². The Bertz CT molecular complexity index is 695. The fourth-order valence-electron chi connectivity index (χ4n) is 3.19. The Morgan fingerprint density at radius 2 is 2.29 bits per heavy atom. The first-order valence-electron chi connectivity index (χ1n) is 8.85. The summed E-state index contributed by atoms with van der Waals surface area (Å²) in [4.78, 5) is 18.8. The van der Waals surface area contributed by atoms with Crippen LogP contribution in [-0.4, -0.2) is 34.0 Å². The third kappa shape index (κ3) is 3.83. The van der Waals surface area contributed by atoms with Crippen LogP contribution in [0.25, 0.3) is 11.4 Å². The molecule has 1 aliphatic heterocycles. The number of likely N-dealkylation sites (tertiary alicyclic amines) is 1. The molecule has 1 amide bonds. The van der Waals surface area contributed by atoms with Gasteiger partial charge in [-0.3, -0.25) is 4.79 Å². The molecule has 5 nitrogen and oxygen atoms in total. The molecule has 2 heterocycles. The topological polar surface area (TPSA) is 59.2 Å². The van der Waals surface area contributed by atoms with Gasteiger partial charge in [-0.2, -0.15) is 4.98 Å². The summed E-state index contributed by atoms with van der Waals surface area (Å²) in [5.41, 5.74) is 2.14. The summed E-state index contributed by atoms with van der Waals surface area (Å²) < 4.78 is 5.51. The summed E-state index contributed by atoms with van der Waals surface area (Å²) in [5.74, 6) is 1.68. The molecular weight excluding hydrogens is 302 g/mol. The summed E-state index contributed by atoms with van der Waals surface area (Å²) in [7, 11) is 0. The van der Waals surface area contributed by atoms with Crippen LogP contribution in [0.5, 0.6) is 0 Å². The Kier molecular flexibility index (Phi) is 5.28. The number of piperidine rings is 1. The maximum absolute atomic E-state index is 12.3. The van der Waals surface area contributed by atoms with Gasteiger partial charge in [0.05, 0.1) is 5.92 Å². The first kappa shape index (κ1) is 16.7. The number of hydrogen-bond acceptors (Lipinski definition) is 4. The molecular formula is C19H25N3O2. The zero-order valence-electron chi connectivity index (χ0n) is 14.5. The fraction of sp³-hybridized carbons (Fsp3) is 0.526. The molecule has 1 aromatic heterocycles. The molecule has 1 atom stereocenters. The van der Waals surface area contributed by atoms with Crippen molar-refractivity contribution in [3.8, 4) is 11.4 Å². The van der Waals surface area contributed by atoms with Crippen molar-refractivity contribution in [1.29, 1.82) is 0 Å².